The minimum atomic E-state index is 0.130. The fourth-order valence-electron chi connectivity index (χ4n) is 2.56. The van der Waals surface area contributed by atoms with Crippen LogP contribution in [0.4, 0.5) is 10.8 Å². The first-order valence-electron chi connectivity index (χ1n) is 7.06. The van der Waals surface area contributed by atoms with Gasteiger partial charge in [0.25, 0.3) is 0 Å². The summed E-state index contributed by atoms with van der Waals surface area (Å²) in [5.74, 6) is 1.30. The van der Waals surface area contributed by atoms with Crippen LogP contribution in [0.3, 0.4) is 0 Å². The van der Waals surface area contributed by atoms with Crippen molar-refractivity contribution in [1.29, 1.82) is 0 Å². The number of anilines is 2. The number of piperazine rings is 1. The van der Waals surface area contributed by atoms with Crippen LogP contribution in [0.2, 0.25) is 0 Å². The maximum absolute atomic E-state index is 5.92. The summed E-state index contributed by atoms with van der Waals surface area (Å²) in [5, 5.41) is 1.10. The second-order valence-corrected chi connectivity index (χ2v) is 6.37. The lowest BCUT2D eigenvalue weighted by Crippen LogP contribution is -2.47. The van der Waals surface area contributed by atoms with Crippen LogP contribution in [0.5, 0.6) is 5.75 Å². The summed E-state index contributed by atoms with van der Waals surface area (Å²) in [6.07, 6.45) is 2.90. The molecule has 6 heteroatoms. The SMILES string of the molecule is CC(C)Oc1c(N)nsc1N1CCN(C2CC2)CC1. The van der Waals surface area contributed by atoms with E-state index in [0.29, 0.717) is 5.82 Å². The maximum atomic E-state index is 5.92. The molecule has 0 bridgehead atoms. The standard InChI is InChI=1S/C13H22N4OS/c1-9(2)18-11-12(14)15-19-13(11)17-7-5-16(6-8-17)10-3-4-10/h9-10H,3-8H2,1-2H3,(H2,14,15). The molecule has 1 aromatic rings. The Balaban J connectivity index is 1.68. The maximum Gasteiger partial charge on any atom is 0.198 e. The van der Waals surface area contributed by atoms with Crippen molar-refractivity contribution in [1.82, 2.24) is 9.27 Å². The van der Waals surface area contributed by atoms with Crippen molar-refractivity contribution >= 4 is 22.4 Å². The topological polar surface area (TPSA) is 54.6 Å². The lowest BCUT2D eigenvalue weighted by atomic mass is 10.3. The van der Waals surface area contributed by atoms with Crippen molar-refractivity contribution in [3.05, 3.63) is 0 Å². The molecule has 1 aliphatic heterocycles. The Hall–Kier alpha value is -1.01. The van der Waals surface area contributed by atoms with Crippen LogP contribution in [0.1, 0.15) is 26.7 Å². The van der Waals surface area contributed by atoms with Crippen LogP contribution in [0, 0.1) is 0 Å². The smallest absolute Gasteiger partial charge is 0.198 e. The van der Waals surface area contributed by atoms with Gasteiger partial charge in [-0.05, 0) is 38.2 Å². The third kappa shape index (κ3) is 2.79. The number of aromatic nitrogens is 1. The molecular weight excluding hydrogens is 260 g/mol. The molecule has 19 heavy (non-hydrogen) atoms. The zero-order chi connectivity index (χ0) is 13.4. The van der Waals surface area contributed by atoms with Crippen LogP contribution in [-0.4, -0.2) is 47.6 Å². The molecule has 2 heterocycles. The summed E-state index contributed by atoms with van der Waals surface area (Å²) in [4.78, 5) is 4.97. The monoisotopic (exact) mass is 282 g/mol. The first-order valence-corrected chi connectivity index (χ1v) is 7.83. The Morgan fingerprint density at radius 2 is 1.95 bits per heavy atom. The largest absolute Gasteiger partial charge is 0.484 e. The first kappa shape index (κ1) is 13.0. The van der Waals surface area contributed by atoms with Crippen LogP contribution in [0.15, 0.2) is 0 Å². The molecule has 106 valence electrons. The van der Waals surface area contributed by atoms with Crippen molar-refractivity contribution in [3.63, 3.8) is 0 Å². The quantitative estimate of drug-likeness (QED) is 0.912. The Morgan fingerprint density at radius 3 is 2.53 bits per heavy atom. The third-order valence-electron chi connectivity index (χ3n) is 3.68. The predicted octanol–water partition coefficient (Wildman–Crippen LogP) is 1.80. The van der Waals surface area contributed by atoms with Gasteiger partial charge in [-0.2, -0.15) is 4.37 Å². The van der Waals surface area contributed by atoms with Gasteiger partial charge in [0, 0.05) is 32.2 Å². The molecule has 0 aromatic carbocycles. The van der Waals surface area contributed by atoms with Gasteiger partial charge in [-0.1, -0.05) is 0 Å². The fraction of sp³-hybridized carbons (Fsp3) is 0.769. The van der Waals surface area contributed by atoms with Gasteiger partial charge in [-0.3, -0.25) is 4.90 Å². The van der Waals surface area contributed by atoms with E-state index in [-0.39, 0.29) is 6.10 Å². The van der Waals surface area contributed by atoms with Crippen molar-refractivity contribution in [2.45, 2.75) is 38.8 Å². The highest BCUT2D eigenvalue weighted by Crippen LogP contribution is 2.39. The van der Waals surface area contributed by atoms with Crippen molar-refractivity contribution < 1.29 is 4.74 Å². The Kier molecular flexibility index (Phi) is 3.54. The van der Waals surface area contributed by atoms with E-state index in [0.717, 1.165) is 43.0 Å². The molecule has 0 radical (unpaired) electrons. The lowest BCUT2D eigenvalue weighted by Gasteiger charge is -2.35. The van der Waals surface area contributed by atoms with Gasteiger partial charge >= 0.3 is 0 Å². The van der Waals surface area contributed by atoms with E-state index in [9.17, 15) is 0 Å². The second kappa shape index (κ2) is 5.17. The summed E-state index contributed by atoms with van der Waals surface area (Å²) in [5.41, 5.74) is 5.92. The van der Waals surface area contributed by atoms with Gasteiger partial charge in [0.15, 0.2) is 16.6 Å². The average Bonchev–Trinajstić information content (AvgIpc) is 3.17. The molecule has 0 amide bonds. The van der Waals surface area contributed by atoms with Gasteiger partial charge in [0.2, 0.25) is 0 Å². The van der Waals surface area contributed by atoms with Crippen LogP contribution >= 0.6 is 11.5 Å². The lowest BCUT2D eigenvalue weighted by molar-refractivity contribution is 0.237. The molecule has 0 atom stereocenters. The molecule has 5 nitrogen and oxygen atoms in total. The van der Waals surface area contributed by atoms with E-state index in [1.807, 2.05) is 13.8 Å². The number of rotatable bonds is 4. The van der Waals surface area contributed by atoms with Crippen LogP contribution in [0.25, 0.3) is 0 Å². The molecule has 1 saturated carbocycles. The molecule has 1 saturated heterocycles. The number of nitrogens with zero attached hydrogens (tertiary/aromatic N) is 3. The highest BCUT2D eigenvalue weighted by molar-refractivity contribution is 7.11. The van der Waals surface area contributed by atoms with Crippen molar-refractivity contribution in [3.8, 4) is 5.75 Å². The zero-order valence-electron chi connectivity index (χ0n) is 11.6. The molecule has 3 rings (SSSR count). The Labute approximate surface area is 118 Å². The molecule has 2 N–H and O–H groups in total. The van der Waals surface area contributed by atoms with E-state index in [2.05, 4.69) is 14.2 Å². The number of hydrogen-bond donors (Lipinski definition) is 1. The van der Waals surface area contributed by atoms with Gasteiger partial charge < -0.3 is 15.4 Å². The third-order valence-corrected chi connectivity index (χ3v) is 4.58. The molecule has 0 spiro atoms. The van der Waals surface area contributed by atoms with E-state index >= 15 is 0 Å². The van der Waals surface area contributed by atoms with Gasteiger partial charge in [0.05, 0.1) is 6.10 Å². The van der Waals surface area contributed by atoms with Crippen molar-refractivity contribution in [2.24, 2.45) is 0 Å². The number of nitrogens with two attached hydrogens (primary N) is 1. The van der Waals surface area contributed by atoms with E-state index in [4.69, 9.17) is 10.5 Å². The number of nitrogen functional groups attached to an aromatic ring is 1. The van der Waals surface area contributed by atoms with E-state index in [1.165, 1.54) is 24.4 Å². The highest BCUT2D eigenvalue weighted by Gasteiger charge is 2.32. The number of ether oxygens (including phenoxy) is 1. The van der Waals surface area contributed by atoms with Gasteiger partial charge in [-0.15, -0.1) is 0 Å². The highest BCUT2D eigenvalue weighted by atomic mass is 32.1. The summed E-state index contributed by atoms with van der Waals surface area (Å²) < 4.78 is 10.1. The summed E-state index contributed by atoms with van der Waals surface area (Å²) in [7, 11) is 0. The summed E-state index contributed by atoms with van der Waals surface area (Å²) in [6.45, 7) is 8.42. The van der Waals surface area contributed by atoms with E-state index < -0.39 is 0 Å². The molecule has 2 aliphatic rings. The first-order chi connectivity index (χ1) is 9.15. The normalized spacial score (nSPS) is 21.1. The summed E-state index contributed by atoms with van der Waals surface area (Å²) >= 11 is 1.46. The zero-order valence-corrected chi connectivity index (χ0v) is 12.4. The minimum Gasteiger partial charge on any atom is -0.484 e. The minimum absolute atomic E-state index is 0.130. The van der Waals surface area contributed by atoms with Gasteiger partial charge in [-0.25, -0.2) is 0 Å². The molecule has 2 fully saturated rings. The molecular formula is C13H22N4OS. The van der Waals surface area contributed by atoms with Crippen molar-refractivity contribution in [2.75, 3.05) is 36.8 Å². The fourth-order valence-corrected chi connectivity index (χ4v) is 3.36. The van der Waals surface area contributed by atoms with Gasteiger partial charge in [0.1, 0.15) is 0 Å². The van der Waals surface area contributed by atoms with Crippen LogP contribution in [-0.2, 0) is 0 Å². The average molecular weight is 282 g/mol. The Morgan fingerprint density at radius 1 is 1.26 bits per heavy atom. The summed E-state index contributed by atoms with van der Waals surface area (Å²) in [6, 6.07) is 0.861. The molecule has 0 unspecified atom stereocenters. The molecule has 1 aliphatic carbocycles. The number of hydrogen-bond acceptors (Lipinski definition) is 6. The predicted molar refractivity (Wildman–Crippen MR) is 79.1 cm³/mol. The molecule has 1 aromatic heterocycles. The Bertz CT molecular complexity index is 436. The van der Waals surface area contributed by atoms with Crippen LogP contribution < -0.4 is 15.4 Å². The second-order valence-electron chi connectivity index (χ2n) is 5.62. The van der Waals surface area contributed by atoms with E-state index in [1.54, 1.807) is 0 Å².